The molecule has 0 aliphatic heterocycles. The van der Waals surface area contributed by atoms with Gasteiger partial charge in [-0.05, 0) is 24.1 Å². The molecule has 1 heterocycles. The number of carbonyl (C=O) groups is 1. The minimum Gasteiger partial charge on any atom is -0.384 e. The normalized spacial score (nSPS) is 11.0. The lowest BCUT2D eigenvalue weighted by molar-refractivity contribution is 0.100. The first-order chi connectivity index (χ1) is 12.1. The third-order valence-corrected chi connectivity index (χ3v) is 4.16. The molecular weight excluding hydrogens is 379 g/mol. The van der Waals surface area contributed by atoms with Crippen molar-refractivity contribution in [2.24, 2.45) is 13.0 Å². The molecule has 2 rings (SSSR count). The zero-order valence-electron chi connectivity index (χ0n) is 14.7. The Bertz CT molecular complexity index is 943. The summed E-state index contributed by atoms with van der Waals surface area (Å²) in [7, 11) is 1.32. The van der Waals surface area contributed by atoms with Crippen molar-refractivity contribution in [3.05, 3.63) is 54.6 Å². The van der Waals surface area contributed by atoms with E-state index in [1.807, 2.05) is 13.8 Å². The molecule has 0 amide bonds. The number of rotatable bonds is 6. The average Bonchev–Trinajstić information content (AvgIpc) is 2.54. The van der Waals surface area contributed by atoms with Crippen molar-refractivity contribution in [1.29, 1.82) is 0 Å². The molecule has 1 aromatic carbocycles. The molecule has 0 bridgehead atoms. The summed E-state index contributed by atoms with van der Waals surface area (Å²) in [6.07, 6.45) is 0. The van der Waals surface area contributed by atoms with Crippen molar-refractivity contribution >= 4 is 40.5 Å². The maximum atomic E-state index is 12.6. The van der Waals surface area contributed by atoms with Gasteiger partial charge in [0.05, 0.1) is 6.54 Å². The molecule has 0 saturated heterocycles. The number of nitrogens with two attached hydrogens (primary N) is 1. The van der Waals surface area contributed by atoms with Crippen molar-refractivity contribution in [2.75, 3.05) is 17.6 Å². The number of Topliss-reactive ketones (excluding diaryl/α,β-unsaturated/α-hetero) is 1. The monoisotopic (exact) mass is 398 g/mol. The molecule has 0 saturated carbocycles. The molecule has 140 valence electrons. The maximum Gasteiger partial charge on any atom is 0.332 e. The van der Waals surface area contributed by atoms with Gasteiger partial charge < -0.3 is 11.1 Å². The Balaban J connectivity index is 2.37. The Labute approximate surface area is 160 Å². The summed E-state index contributed by atoms with van der Waals surface area (Å²) in [5, 5.41) is 3.68. The van der Waals surface area contributed by atoms with E-state index in [1.165, 1.54) is 11.6 Å². The van der Waals surface area contributed by atoms with Crippen molar-refractivity contribution in [3.8, 4) is 0 Å². The Kier molecular flexibility index (Phi) is 6.15. The Morgan fingerprint density at radius 1 is 1.19 bits per heavy atom. The van der Waals surface area contributed by atoms with Crippen LogP contribution in [-0.2, 0) is 13.6 Å². The topological polar surface area (TPSA) is 99.1 Å². The fourth-order valence-electron chi connectivity index (χ4n) is 2.51. The van der Waals surface area contributed by atoms with Crippen LogP contribution in [0.15, 0.2) is 27.8 Å². The molecule has 0 atom stereocenters. The standard InChI is InChI=1S/C17H20Cl2N4O3/c1-9(2)8-23-15(20)14(16(25)22(3)17(23)26)13(24)7-21-12-5-10(18)4-11(19)6-12/h4-6,9,21H,7-8,20H2,1-3H3. The van der Waals surface area contributed by atoms with Gasteiger partial charge in [0.2, 0.25) is 0 Å². The molecule has 0 radical (unpaired) electrons. The molecule has 0 spiro atoms. The molecule has 0 fully saturated rings. The van der Waals surface area contributed by atoms with Crippen LogP contribution in [0.5, 0.6) is 0 Å². The van der Waals surface area contributed by atoms with Gasteiger partial charge in [0.1, 0.15) is 11.4 Å². The van der Waals surface area contributed by atoms with E-state index in [1.54, 1.807) is 18.2 Å². The summed E-state index contributed by atoms with van der Waals surface area (Å²) in [5.74, 6) is -0.540. The first kappa shape index (κ1) is 20.1. The molecular formula is C17H20Cl2N4O3. The first-order valence-corrected chi connectivity index (χ1v) is 8.69. The van der Waals surface area contributed by atoms with Crippen molar-refractivity contribution in [2.45, 2.75) is 20.4 Å². The molecule has 0 unspecified atom stereocenters. The van der Waals surface area contributed by atoms with Crippen molar-refractivity contribution in [3.63, 3.8) is 0 Å². The van der Waals surface area contributed by atoms with Crippen LogP contribution in [0.25, 0.3) is 0 Å². The smallest absolute Gasteiger partial charge is 0.332 e. The van der Waals surface area contributed by atoms with E-state index >= 15 is 0 Å². The Morgan fingerprint density at radius 2 is 1.77 bits per heavy atom. The summed E-state index contributed by atoms with van der Waals surface area (Å²) < 4.78 is 2.14. The maximum absolute atomic E-state index is 12.6. The fourth-order valence-corrected chi connectivity index (χ4v) is 3.04. The summed E-state index contributed by atoms with van der Waals surface area (Å²) in [6.45, 7) is 3.91. The van der Waals surface area contributed by atoms with Gasteiger partial charge in [-0.3, -0.25) is 18.7 Å². The zero-order valence-corrected chi connectivity index (χ0v) is 16.2. The molecule has 0 aliphatic carbocycles. The van der Waals surface area contributed by atoms with E-state index in [4.69, 9.17) is 28.9 Å². The van der Waals surface area contributed by atoms with Crippen LogP contribution in [-0.4, -0.2) is 21.5 Å². The van der Waals surface area contributed by atoms with Gasteiger partial charge in [0.25, 0.3) is 5.56 Å². The number of anilines is 2. The number of ketones is 1. The highest BCUT2D eigenvalue weighted by atomic mass is 35.5. The van der Waals surface area contributed by atoms with Gasteiger partial charge in [-0.25, -0.2) is 4.79 Å². The third-order valence-electron chi connectivity index (χ3n) is 3.73. The lowest BCUT2D eigenvalue weighted by Gasteiger charge is -2.16. The highest BCUT2D eigenvalue weighted by Gasteiger charge is 2.21. The summed E-state index contributed by atoms with van der Waals surface area (Å²) in [5.41, 5.74) is 5.03. The summed E-state index contributed by atoms with van der Waals surface area (Å²) in [6, 6.07) is 4.76. The van der Waals surface area contributed by atoms with E-state index in [9.17, 15) is 14.4 Å². The van der Waals surface area contributed by atoms with Crippen LogP contribution >= 0.6 is 23.2 Å². The minimum atomic E-state index is -0.719. The lowest BCUT2D eigenvalue weighted by atomic mass is 10.1. The highest BCUT2D eigenvalue weighted by Crippen LogP contribution is 2.22. The molecule has 7 nitrogen and oxygen atoms in total. The van der Waals surface area contributed by atoms with Gasteiger partial charge in [0.15, 0.2) is 5.78 Å². The van der Waals surface area contributed by atoms with Crippen LogP contribution in [0, 0.1) is 5.92 Å². The SMILES string of the molecule is CC(C)Cn1c(N)c(C(=O)CNc2cc(Cl)cc(Cl)c2)c(=O)n(C)c1=O. The van der Waals surface area contributed by atoms with Gasteiger partial charge in [-0.1, -0.05) is 37.0 Å². The number of carbonyl (C=O) groups excluding carboxylic acids is 1. The van der Waals surface area contributed by atoms with Gasteiger partial charge in [0, 0.05) is 29.3 Å². The Hall–Kier alpha value is -2.25. The van der Waals surface area contributed by atoms with Crippen LogP contribution in [0.4, 0.5) is 11.5 Å². The van der Waals surface area contributed by atoms with E-state index < -0.39 is 17.0 Å². The number of nitrogens with zero attached hydrogens (tertiary/aromatic N) is 2. The van der Waals surface area contributed by atoms with Crippen molar-refractivity contribution < 1.29 is 4.79 Å². The van der Waals surface area contributed by atoms with E-state index in [2.05, 4.69) is 5.32 Å². The van der Waals surface area contributed by atoms with Crippen LogP contribution in [0.2, 0.25) is 10.0 Å². The highest BCUT2D eigenvalue weighted by molar-refractivity contribution is 6.35. The Morgan fingerprint density at radius 3 is 2.31 bits per heavy atom. The quantitative estimate of drug-likeness (QED) is 0.727. The molecule has 26 heavy (non-hydrogen) atoms. The van der Waals surface area contributed by atoms with E-state index in [-0.39, 0.29) is 23.8 Å². The second kappa shape index (κ2) is 7.97. The largest absolute Gasteiger partial charge is 0.384 e. The van der Waals surface area contributed by atoms with Crippen molar-refractivity contribution in [1.82, 2.24) is 9.13 Å². The van der Waals surface area contributed by atoms with Gasteiger partial charge >= 0.3 is 5.69 Å². The predicted molar refractivity (Wildman–Crippen MR) is 104 cm³/mol. The molecule has 0 aliphatic rings. The summed E-state index contributed by atoms with van der Waals surface area (Å²) in [4.78, 5) is 37.2. The molecule has 2 aromatic rings. The third kappa shape index (κ3) is 4.28. The molecule has 3 N–H and O–H groups in total. The van der Waals surface area contributed by atoms with Crippen LogP contribution < -0.4 is 22.3 Å². The summed E-state index contributed by atoms with van der Waals surface area (Å²) >= 11 is 11.8. The molecule has 9 heteroatoms. The second-order valence-corrected chi connectivity index (χ2v) is 7.22. The lowest BCUT2D eigenvalue weighted by Crippen LogP contribution is -2.43. The number of aromatic nitrogens is 2. The molecule has 1 aromatic heterocycles. The number of hydrogen-bond acceptors (Lipinski definition) is 5. The van der Waals surface area contributed by atoms with E-state index in [0.29, 0.717) is 22.3 Å². The number of nitrogen functional groups attached to an aromatic ring is 1. The number of halogens is 2. The zero-order chi connectivity index (χ0) is 19.6. The van der Waals surface area contributed by atoms with Gasteiger partial charge in [-0.15, -0.1) is 0 Å². The second-order valence-electron chi connectivity index (χ2n) is 6.35. The number of benzene rings is 1. The first-order valence-electron chi connectivity index (χ1n) is 7.94. The average molecular weight is 399 g/mol. The van der Waals surface area contributed by atoms with E-state index in [0.717, 1.165) is 4.57 Å². The number of hydrogen-bond donors (Lipinski definition) is 2. The van der Waals surface area contributed by atoms with Crippen LogP contribution in [0.3, 0.4) is 0 Å². The minimum absolute atomic E-state index is 0.113. The number of nitrogens with one attached hydrogen (secondary N) is 1. The fraction of sp³-hybridized carbons (Fsp3) is 0.353. The predicted octanol–water partition coefficient (Wildman–Crippen LogP) is 2.39. The van der Waals surface area contributed by atoms with Crippen LogP contribution in [0.1, 0.15) is 24.2 Å². The van der Waals surface area contributed by atoms with Gasteiger partial charge in [-0.2, -0.15) is 0 Å².